The zero-order valence-electron chi connectivity index (χ0n) is 17.2. The first-order valence-electron chi connectivity index (χ1n) is 9.17. The maximum absolute atomic E-state index is 13.0. The summed E-state index contributed by atoms with van der Waals surface area (Å²) in [6.45, 7) is 8.47. The Morgan fingerprint density at radius 2 is 1.62 bits per heavy atom. The first-order valence-corrected chi connectivity index (χ1v) is 10.7. The molecule has 0 heterocycles. The quantitative estimate of drug-likeness (QED) is 0.673. The second kappa shape index (κ2) is 9.09. The van der Waals surface area contributed by atoms with Crippen LogP contribution in [0, 0.1) is 20.8 Å². The Bertz CT molecular complexity index is 1010. The van der Waals surface area contributed by atoms with Gasteiger partial charge in [-0.25, -0.2) is 13.2 Å². The van der Waals surface area contributed by atoms with Crippen LogP contribution in [-0.2, 0) is 19.6 Å². The van der Waals surface area contributed by atoms with Crippen molar-refractivity contribution in [1.82, 2.24) is 5.32 Å². The monoisotopic (exact) mass is 418 g/mol. The van der Waals surface area contributed by atoms with Gasteiger partial charge in [-0.1, -0.05) is 29.8 Å². The second-order valence-electron chi connectivity index (χ2n) is 7.18. The smallest absolute Gasteiger partial charge is 0.340 e. The van der Waals surface area contributed by atoms with Crippen molar-refractivity contribution in [1.29, 1.82) is 0 Å². The van der Waals surface area contributed by atoms with Crippen molar-refractivity contribution in [2.45, 2.75) is 45.6 Å². The molecule has 0 aliphatic carbocycles. The molecule has 0 fully saturated rings. The molecule has 2 N–H and O–H groups in total. The molecular formula is C21H26N2O5S. The third-order valence-corrected chi connectivity index (χ3v) is 5.72. The Balaban J connectivity index is 2.27. The Hall–Kier alpha value is -2.87. The van der Waals surface area contributed by atoms with Gasteiger partial charge in [0, 0.05) is 6.04 Å². The summed E-state index contributed by atoms with van der Waals surface area (Å²) in [5, 5.41) is 2.61. The number of benzene rings is 2. The van der Waals surface area contributed by atoms with Crippen LogP contribution in [0.3, 0.4) is 0 Å². The lowest BCUT2D eigenvalue weighted by molar-refractivity contribution is -0.124. The third kappa shape index (κ3) is 5.80. The fourth-order valence-electron chi connectivity index (χ4n) is 3.11. The highest BCUT2D eigenvalue weighted by molar-refractivity contribution is 7.92. The number of amides is 1. The molecule has 0 aromatic heterocycles. The highest BCUT2D eigenvalue weighted by atomic mass is 32.2. The van der Waals surface area contributed by atoms with Crippen molar-refractivity contribution in [2.24, 2.45) is 0 Å². The fraction of sp³-hybridized carbons (Fsp3) is 0.333. The molecule has 0 saturated heterocycles. The number of ether oxygens (including phenoxy) is 1. The van der Waals surface area contributed by atoms with Gasteiger partial charge in [-0.15, -0.1) is 0 Å². The van der Waals surface area contributed by atoms with E-state index in [1.165, 1.54) is 12.1 Å². The standard InChI is InChI=1S/C21H26N2O5S/c1-13(2)22-19(24)12-28-21(25)17-8-6-7-9-18(17)23-29(26,27)20-15(4)10-14(3)11-16(20)5/h6-11,13,23H,12H2,1-5H3,(H,22,24). The molecule has 0 spiro atoms. The second-order valence-corrected chi connectivity index (χ2v) is 8.80. The lowest BCUT2D eigenvalue weighted by Crippen LogP contribution is -2.34. The normalized spacial score (nSPS) is 11.2. The molecule has 2 rings (SSSR count). The van der Waals surface area contributed by atoms with Gasteiger partial charge >= 0.3 is 5.97 Å². The fourth-order valence-corrected chi connectivity index (χ4v) is 4.64. The lowest BCUT2D eigenvalue weighted by Gasteiger charge is -2.16. The predicted octanol–water partition coefficient (Wildman–Crippen LogP) is 3.09. The average molecular weight is 419 g/mol. The Morgan fingerprint density at radius 1 is 1.03 bits per heavy atom. The van der Waals surface area contributed by atoms with E-state index < -0.39 is 28.5 Å². The summed E-state index contributed by atoms with van der Waals surface area (Å²) in [5.74, 6) is -1.23. The van der Waals surface area contributed by atoms with Gasteiger partial charge in [0.2, 0.25) is 0 Å². The first kappa shape index (κ1) is 22.4. The summed E-state index contributed by atoms with van der Waals surface area (Å²) in [6.07, 6.45) is 0. The van der Waals surface area contributed by atoms with E-state index in [0.717, 1.165) is 5.56 Å². The minimum atomic E-state index is -3.93. The summed E-state index contributed by atoms with van der Waals surface area (Å²) in [5.41, 5.74) is 2.29. The topological polar surface area (TPSA) is 102 Å². The van der Waals surface area contributed by atoms with Gasteiger partial charge in [0.1, 0.15) is 0 Å². The highest BCUT2D eigenvalue weighted by Crippen LogP contribution is 2.26. The van der Waals surface area contributed by atoms with E-state index >= 15 is 0 Å². The Morgan fingerprint density at radius 3 is 2.21 bits per heavy atom. The van der Waals surface area contributed by atoms with Crippen molar-refractivity contribution in [3.63, 3.8) is 0 Å². The molecule has 8 heteroatoms. The number of anilines is 1. The molecule has 0 saturated carbocycles. The van der Waals surface area contributed by atoms with E-state index in [2.05, 4.69) is 10.0 Å². The van der Waals surface area contributed by atoms with Crippen LogP contribution in [0.15, 0.2) is 41.3 Å². The number of carbonyl (C=O) groups excluding carboxylic acids is 2. The molecule has 1 amide bonds. The van der Waals surface area contributed by atoms with E-state index in [1.807, 2.05) is 6.92 Å². The van der Waals surface area contributed by atoms with E-state index in [0.29, 0.717) is 11.1 Å². The van der Waals surface area contributed by atoms with Crippen LogP contribution in [0.1, 0.15) is 40.9 Å². The van der Waals surface area contributed by atoms with Gasteiger partial charge in [-0.2, -0.15) is 0 Å². The van der Waals surface area contributed by atoms with Gasteiger partial charge in [0.25, 0.3) is 15.9 Å². The van der Waals surface area contributed by atoms with Gasteiger partial charge in [-0.3, -0.25) is 9.52 Å². The van der Waals surface area contributed by atoms with Crippen LogP contribution in [0.25, 0.3) is 0 Å². The highest BCUT2D eigenvalue weighted by Gasteiger charge is 2.23. The largest absolute Gasteiger partial charge is 0.452 e. The Labute approximate surface area is 171 Å². The number of nitrogens with one attached hydrogen (secondary N) is 2. The van der Waals surface area contributed by atoms with Crippen molar-refractivity contribution >= 4 is 27.6 Å². The zero-order chi connectivity index (χ0) is 21.8. The molecule has 0 aliphatic heterocycles. The van der Waals surface area contributed by atoms with Crippen LogP contribution in [-0.4, -0.2) is 32.9 Å². The molecule has 0 bridgehead atoms. The zero-order valence-corrected chi connectivity index (χ0v) is 18.0. The summed E-state index contributed by atoms with van der Waals surface area (Å²) < 4.78 is 33.5. The molecule has 0 atom stereocenters. The number of sulfonamides is 1. The van der Waals surface area contributed by atoms with E-state index in [-0.39, 0.29) is 22.2 Å². The van der Waals surface area contributed by atoms with Crippen molar-refractivity contribution < 1.29 is 22.7 Å². The number of para-hydroxylation sites is 1. The van der Waals surface area contributed by atoms with Crippen molar-refractivity contribution in [3.05, 3.63) is 58.7 Å². The average Bonchev–Trinajstić information content (AvgIpc) is 2.58. The van der Waals surface area contributed by atoms with Crippen LogP contribution in [0.4, 0.5) is 5.69 Å². The van der Waals surface area contributed by atoms with Crippen LogP contribution in [0.5, 0.6) is 0 Å². The molecule has 7 nitrogen and oxygen atoms in total. The summed E-state index contributed by atoms with van der Waals surface area (Å²) in [7, 11) is -3.93. The molecule has 2 aromatic rings. The molecular weight excluding hydrogens is 392 g/mol. The number of carbonyl (C=O) groups is 2. The minimum Gasteiger partial charge on any atom is -0.452 e. The van der Waals surface area contributed by atoms with Crippen LogP contribution < -0.4 is 10.0 Å². The van der Waals surface area contributed by atoms with Gasteiger partial charge in [0.05, 0.1) is 16.1 Å². The summed E-state index contributed by atoms with van der Waals surface area (Å²) in [4.78, 5) is 24.3. The number of hydrogen-bond donors (Lipinski definition) is 2. The maximum atomic E-state index is 13.0. The SMILES string of the molecule is Cc1cc(C)c(S(=O)(=O)Nc2ccccc2C(=O)OCC(=O)NC(C)C)c(C)c1. The maximum Gasteiger partial charge on any atom is 0.340 e. The van der Waals surface area contributed by atoms with Crippen LogP contribution >= 0.6 is 0 Å². The summed E-state index contributed by atoms with van der Waals surface area (Å²) >= 11 is 0. The van der Waals surface area contributed by atoms with Gasteiger partial charge in [0.15, 0.2) is 6.61 Å². The molecule has 2 aromatic carbocycles. The minimum absolute atomic E-state index is 0.0239. The van der Waals surface area contributed by atoms with E-state index in [4.69, 9.17) is 4.74 Å². The number of hydrogen-bond acceptors (Lipinski definition) is 5. The van der Waals surface area contributed by atoms with Crippen molar-refractivity contribution in [2.75, 3.05) is 11.3 Å². The lowest BCUT2D eigenvalue weighted by atomic mass is 10.1. The predicted molar refractivity (Wildman–Crippen MR) is 111 cm³/mol. The number of esters is 1. The van der Waals surface area contributed by atoms with Crippen LogP contribution in [0.2, 0.25) is 0 Å². The van der Waals surface area contributed by atoms with E-state index in [1.54, 1.807) is 52.0 Å². The molecule has 0 aliphatic rings. The Kier molecular flexibility index (Phi) is 7.02. The third-order valence-electron chi connectivity index (χ3n) is 4.05. The first-order chi connectivity index (χ1) is 13.5. The van der Waals surface area contributed by atoms with E-state index in [9.17, 15) is 18.0 Å². The van der Waals surface area contributed by atoms with Gasteiger partial charge in [-0.05, 0) is 57.9 Å². The number of rotatable bonds is 7. The molecule has 29 heavy (non-hydrogen) atoms. The number of aryl methyl sites for hydroxylation is 3. The van der Waals surface area contributed by atoms with Crippen molar-refractivity contribution in [3.8, 4) is 0 Å². The van der Waals surface area contributed by atoms with Gasteiger partial charge < -0.3 is 10.1 Å². The molecule has 0 unspecified atom stereocenters. The molecule has 0 radical (unpaired) electrons. The molecule has 156 valence electrons. The summed E-state index contributed by atoms with van der Waals surface area (Å²) in [6, 6.07) is 9.60.